The third kappa shape index (κ3) is 4.01. The molecule has 1 heterocycles. The smallest absolute Gasteiger partial charge is 0.225 e. The van der Waals surface area contributed by atoms with E-state index in [-0.39, 0.29) is 24.1 Å². The van der Waals surface area contributed by atoms with Crippen LogP contribution in [0.25, 0.3) is 0 Å². The first kappa shape index (κ1) is 15.8. The van der Waals surface area contributed by atoms with Crippen molar-refractivity contribution in [3.63, 3.8) is 0 Å². The summed E-state index contributed by atoms with van der Waals surface area (Å²) in [5.41, 5.74) is 1.62. The molecule has 0 aliphatic heterocycles. The molecule has 0 aliphatic carbocycles. The van der Waals surface area contributed by atoms with Gasteiger partial charge < -0.3 is 10.4 Å². The van der Waals surface area contributed by atoms with Gasteiger partial charge in [-0.15, -0.1) is 0 Å². The zero-order chi connectivity index (χ0) is 16.8. The molecular weight excluding hydrogens is 302 g/mol. The molecule has 3 rings (SSSR count). The quantitative estimate of drug-likeness (QED) is 0.733. The minimum atomic E-state index is -0.190. The van der Waals surface area contributed by atoms with E-state index in [1.807, 2.05) is 42.6 Å². The van der Waals surface area contributed by atoms with Crippen molar-refractivity contribution in [2.45, 2.75) is 19.0 Å². The molecule has 24 heavy (non-hydrogen) atoms. The van der Waals surface area contributed by atoms with Gasteiger partial charge in [-0.05, 0) is 17.7 Å². The van der Waals surface area contributed by atoms with Crippen molar-refractivity contribution in [2.24, 2.45) is 0 Å². The molecule has 0 saturated heterocycles. The van der Waals surface area contributed by atoms with Gasteiger partial charge in [0.15, 0.2) is 0 Å². The molecule has 0 aliphatic rings. The molecule has 2 aromatic carbocycles. The van der Waals surface area contributed by atoms with Crippen LogP contribution in [0.5, 0.6) is 5.75 Å². The fourth-order valence-electron chi connectivity index (χ4n) is 2.59. The number of aromatic hydroxyl groups is 1. The van der Waals surface area contributed by atoms with Crippen molar-refractivity contribution in [1.29, 1.82) is 0 Å². The third-order valence-electron chi connectivity index (χ3n) is 3.81. The Hall–Kier alpha value is -3.08. The normalized spacial score (nSPS) is 11.8. The summed E-state index contributed by atoms with van der Waals surface area (Å²) < 4.78 is 1.79. The van der Waals surface area contributed by atoms with Crippen LogP contribution in [0.15, 0.2) is 73.1 Å². The number of phenolic OH excluding ortho intramolecular Hbond substituents is 1. The number of benzene rings is 2. The van der Waals surface area contributed by atoms with Crippen molar-refractivity contribution in [3.05, 3.63) is 84.2 Å². The molecule has 0 fully saturated rings. The first-order valence-electron chi connectivity index (χ1n) is 7.81. The van der Waals surface area contributed by atoms with Crippen LogP contribution in [0.1, 0.15) is 17.2 Å². The number of hydrogen-bond acceptors (Lipinski definition) is 3. The summed E-state index contributed by atoms with van der Waals surface area (Å²) in [6.45, 7) is 0.545. The minimum Gasteiger partial charge on any atom is -0.508 e. The Balaban J connectivity index is 1.74. The summed E-state index contributed by atoms with van der Waals surface area (Å²) in [7, 11) is 0. The Morgan fingerprint density at radius 1 is 1.08 bits per heavy atom. The highest BCUT2D eigenvalue weighted by molar-refractivity contribution is 5.79. The lowest BCUT2D eigenvalue weighted by molar-refractivity contribution is -0.121. The van der Waals surface area contributed by atoms with Gasteiger partial charge in [-0.3, -0.25) is 9.48 Å². The van der Waals surface area contributed by atoms with Crippen LogP contribution < -0.4 is 5.32 Å². The van der Waals surface area contributed by atoms with E-state index >= 15 is 0 Å². The molecule has 1 amide bonds. The number of carbonyl (C=O) groups is 1. The Labute approximate surface area is 140 Å². The van der Waals surface area contributed by atoms with Crippen molar-refractivity contribution >= 4 is 5.91 Å². The molecule has 2 N–H and O–H groups in total. The Morgan fingerprint density at radius 2 is 1.83 bits per heavy atom. The number of phenols is 1. The number of amides is 1. The van der Waals surface area contributed by atoms with Crippen LogP contribution in [0, 0.1) is 0 Å². The molecule has 1 atom stereocenters. The number of rotatable bonds is 6. The van der Waals surface area contributed by atoms with E-state index in [1.165, 1.54) is 0 Å². The van der Waals surface area contributed by atoms with Gasteiger partial charge in [0.05, 0.1) is 19.0 Å². The van der Waals surface area contributed by atoms with Crippen LogP contribution in [-0.4, -0.2) is 20.8 Å². The van der Waals surface area contributed by atoms with Gasteiger partial charge in [-0.2, -0.15) is 5.10 Å². The summed E-state index contributed by atoms with van der Waals surface area (Å²) in [5.74, 6) is -0.00602. The second kappa shape index (κ2) is 7.46. The summed E-state index contributed by atoms with van der Waals surface area (Å²) in [5, 5.41) is 17.1. The van der Waals surface area contributed by atoms with Crippen molar-refractivity contribution in [2.75, 3.05) is 0 Å². The molecule has 0 bridgehead atoms. The first-order chi connectivity index (χ1) is 11.7. The fraction of sp³-hybridized carbons (Fsp3) is 0.158. The number of carbonyl (C=O) groups excluding carboxylic acids is 1. The van der Waals surface area contributed by atoms with Crippen molar-refractivity contribution in [1.82, 2.24) is 15.1 Å². The van der Waals surface area contributed by atoms with E-state index in [1.54, 1.807) is 35.1 Å². The van der Waals surface area contributed by atoms with Gasteiger partial charge in [0.1, 0.15) is 5.75 Å². The predicted molar refractivity (Wildman–Crippen MR) is 91.4 cm³/mol. The maximum Gasteiger partial charge on any atom is 0.225 e. The van der Waals surface area contributed by atoms with Crippen LogP contribution in [0.2, 0.25) is 0 Å². The monoisotopic (exact) mass is 321 g/mol. The summed E-state index contributed by atoms with van der Waals surface area (Å²) >= 11 is 0. The maximum atomic E-state index is 12.4. The lowest BCUT2D eigenvalue weighted by Gasteiger charge is -2.19. The van der Waals surface area contributed by atoms with Gasteiger partial charge in [0, 0.05) is 18.0 Å². The molecule has 0 saturated carbocycles. The highest BCUT2D eigenvalue weighted by atomic mass is 16.3. The van der Waals surface area contributed by atoms with Crippen molar-refractivity contribution < 1.29 is 9.90 Å². The molecule has 0 unspecified atom stereocenters. The van der Waals surface area contributed by atoms with Gasteiger partial charge in [-0.25, -0.2) is 0 Å². The molecule has 5 nitrogen and oxygen atoms in total. The molecule has 0 radical (unpaired) electrons. The Morgan fingerprint density at radius 3 is 2.54 bits per heavy atom. The van der Waals surface area contributed by atoms with E-state index in [4.69, 9.17) is 0 Å². The lowest BCUT2D eigenvalue weighted by atomic mass is 10.1. The van der Waals surface area contributed by atoms with Gasteiger partial charge in [-0.1, -0.05) is 48.5 Å². The van der Waals surface area contributed by atoms with E-state index in [0.717, 1.165) is 5.56 Å². The molecule has 0 spiro atoms. The van der Waals surface area contributed by atoms with E-state index in [9.17, 15) is 9.90 Å². The number of nitrogens with one attached hydrogen (secondary N) is 1. The number of para-hydroxylation sites is 1. The summed E-state index contributed by atoms with van der Waals surface area (Å²) in [6.07, 6.45) is 3.71. The van der Waals surface area contributed by atoms with E-state index in [2.05, 4.69) is 10.4 Å². The Bertz CT molecular complexity index is 785. The number of aromatic nitrogens is 2. The SMILES string of the molecule is O=C(Cc1ccccc1O)N[C@H](Cn1cccn1)c1ccccc1. The van der Waals surface area contributed by atoms with Crippen LogP contribution in [0.4, 0.5) is 0 Å². The second-order valence-corrected chi connectivity index (χ2v) is 5.56. The van der Waals surface area contributed by atoms with E-state index in [0.29, 0.717) is 12.1 Å². The average molecular weight is 321 g/mol. The zero-order valence-corrected chi connectivity index (χ0v) is 13.2. The lowest BCUT2D eigenvalue weighted by Crippen LogP contribution is -2.32. The highest BCUT2D eigenvalue weighted by Gasteiger charge is 2.16. The van der Waals surface area contributed by atoms with Crippen LogP contribution in [-0.2, 0) is 17.8 Å². The third-order valence-corrected chi connectivity index (χ3v) is 3.81. The summed E-state index contributed by atoms with van der Waals surface area (Å²) in [4.78, 5) is 12.4. The van der Waals surface area contributed by atoms with Crippen molar-refractivity contribution in [3.8, 4) is 5.75 Å². The molecule has 5 heteroatoms. The summed E-state index contributed by atoms with van der Waals surface area (Å²) in [6, 6.07) is 18.3. The fourth-order valence-corrected chi connectivity index (χ4v) is 2.59. The molecule has 1 aromatic heterocycles. The number of hydrogen-bond donors (Lipinski definition) is 2. The highest BCUT2D eigenvalue weighted by Crippen LogP contribution is 2.18. The number of nitrogens with zero attached hydrogens (tertiary/aromatic N) is 2. The minimum absolute atomic E-state index is 0.134. The molecule has 122 valence electrons. The van der Waals surface area contributed by atoms with Gasteiger partial charge in [0.2, 0.25) is 5.91 Å². The standard InChI is InChI=1S/C19H19N3O2/c23-18-10-5-4-9-16(18)13-19(24)21-17(14-22-12-6-11-20-22)15-7-2-1-3-8-15/h1-12,17,23H,13-14H2,(H,21,24)/t17-/m1/s1. The largest absolute Gasteiger partial charge is 0.508 e. The van der Waals surface area contributed by atoms with Gasteiger partial charge >= 0.3 is 0 Å². The predicted octanol–water partition coefficient (Wildman–Crippen LogP) is 2.69. The average Bonchev–Trinajstić information content (AvgIpc) is 3.10. The maximum absolute atomic E-state index is 12.4. The second-order valence-electron chi connectivity index (χ2n) is 5.56. The van der Waals surface area contributed by atoms with E-state index < -0.39 is 0 Å². The topological polar surface area (TPSA) is 67.2 Å². The first-order valence-corrected chi connectivity index (χ1v) is 7.81. The molecular formula is C19H19N3O2. The Kier molecular flexibility index (Phi) is 4.91. The zero-order valence-electron chi connectivity index (χ0n) is 13.2. The van der Waals surface area contributed by atoms with Gasteiger partial charge in [0.25, 0.3) is 0 Å². The van der Waals surface area contributed by atoms with Crippen LogP contribution >= 0.6 is 0 Å². The van der Waals surface area contributed by atoms with Crippen LogP contribution in [0.3, 0.4) is 0 Å². The molecule has 3 aromatic rings.